The quantitative estimate of drug-likeness (QED) is 0.706. The molecule has 0 aliphatic heterocycles. The van der Waals surface area contributed by atoms with Crippen molar-refractivity contribution in [3.8, 4) is 0 Å². The lowest BCUT2D eigenvalue weighted by Gasteiger charge is -2.00. The molecule has 4 nitrogen and oxygen atoms in total. The van der Waals surface area contributed by atoms with Gasteiger partial charge in [0.05, 0.1) is 17.6 Å². The highest BCUT2D eigenvalue weighted by molar-refractivity contribution is 7.71. The highest BCUT2D eigenvalue weighted by Crippen LogP contribution is 2.15. The van der Waals surface area contributed by atoms with Crippen LogP contribution in [0, 0.1) is 11.7 Å². The van der Waals surface area contributed by atoms with Crippen LogP contribution in [0.1, 0.15) is 11.5 Å². The van der Waals surface area contributed by atoms with Crippen molar-refractivity contribution in [3.63, 3.8) is 0 Å². The molecule has 2 heterocycles. The largest absolute Gasteiger partial charge is 0.361 e. The normalized spacial score (nSPS) is 11.1. The number of hydrogen-bond acceptors (Lipinski definition) is 3. The first kappa shape index (κ1) is 10.3. The number of aryl methyl sites for hydroxylation is 1. The van der Waals surface area contributed by atoms with Crippen LogP contribution in [0.5, 0.6) is 0 Å². The number of benzene rings is 1. The first-order valence-corrected chi connectivity index (χ1v) is 5.74. The monoisotopic (exact) mass is 245 g/mol. The molecule has 0 aliphatic rings. The van der Waals surface area contributed by atoms with Crippen LogP contribution in [-0.4, -0.2) is 14.7 Å². The van der Waals surface area contributed by atoms with Crippen molar-refractivity contribution in [2.45, 2.75) is 13.5 Å². The molecule has 0 atom stereocenters. The molecule has 0 spiro atoms. The number of nitrogens with zero attached hydrogens (tertiary/aromatic N) is 2. The highest BCUT2D eigenvalue weighted by Gasteiger charge is 2.06. The van der Waals surface area contributed by atoms with E-state index in [4.69, 9.17) is 16.7 Å². The summed E-state index contributed by atoms with van der Waals surface area (Å²) in [4.78, 5) is 3.17. The Labute approximate surface area is 103 Å². The lowest BCUT2D eigenvalue weighted by molar-refractivity contribution is 0.389. The van der Waals surface area contributed by atoms with E-state index in [2.05, 4.69) is 10.1 Å². The van der Waals surface area contributed by atoms with E-state index in [-0.39, 0.29) is 0 Å². The van der Waals surface area contributed by atoms with Gasteiger partial charge in [0.1, 0.15) is 11.5 Å². The van der Waals surface area contributed by atoms with Crippen molar-refractivity contribution in [2.75, 3.05) is 0 Å². The van der Waals surface area contributed by atoms with Gasteiger partial charge < -0.3 is 14.1 Å². The maximum atomic E-state index is 5.31. The second-order valence-corrected chi connectivity index (χ2v) is 4.35. The molecule has 1 aromatic carbocycles. The van der Waals surface area contributed by atoms with E-state index in [0.717, 1.165) is 22.5 Å². The fraction of sp³-hybridized carbons (Fsp3) is 0.167. The van der Waals surface area contributed by atoms with Gasteiger partial charge in [-0.05, 0) is 31.3 Å². The molecular formula is C12H11N3OS. The summed E-state index contributed by atoms with van der Waals surface area (Å²) in [6.07, 6.45) is 0. The molecule has 1 N–H and O–H groups in total. The second kappa shape index (κ2) is 3.85. The Morgan fingerprint density at radius 2 is 2.24 bits per heavy atom. The molecule has 17 heavy (non-hydrogen) atoms. The summed E-state index contributed by atoms with van der Waals surface area (Å²) in [5, 5.41) is 3.98. The summed E-state index contributed by atoms with van der Waals surface area (Å²) in [7, 11) is 0. The van der Waals surface area contributed by atoms with Crippen LogP contribution in [0.25, 0.3) is 11.0 Å². The number of nitrogens with one attached hydrogen (secondary N) is 1. The maximum absolute atomic E-state index is 5.31. The Kier molecular flexibility index (Phi) is 2.33. The van der Waals surface area contributed by atoms with Crippen molar-refractivity contribution >= 4 is 23.3 Å². The molecule has 2 aromatic heterocycles. The molecule has 0 unspecified atom stereocenters. The van der Waals surface area contributed by atoms with Gasteiger partial charge in [-0.3, -0.25) is 0 Å². The number of aromatic amines is 1. The number of fused-ring (bicyclic) bond motifs is 1. The van der Waals surface area contributed by atoms with E-state index >= 15 is 0 Å². The van der Waals surface area contributed by atoms with Crippen LogP contribution in [0.15, 0.2) is 34.9 Å². The molecular weight excluding hydrogens is 234 g/mol. The molecule has 0 bridgehead atoms. The number of hydrogen-bond donors (Lipinski definition) is 1. The lowest BCUT2D eigenvalue weighted by Crippen LogP contribution is -1.99. The third-order valence-corrected chi connectivity index (χ3v) is 3.00. The zero-order valence-corrected chi connectivity index (χ0v) is 10.1. The predicted molar refractivity (Wildman–Crippen MR) is 67.5 cm³/mol. The standard InChI is InChI=1S/C12H11N3OS/c1-8-6-9(14-16-8)7-15-11-5-3-2-4-10(11)13-12(15)17/h2-6H,7H2,1H3,(H,13,17). The van der Waals surface area contributed by atoms with Gasteiger partial charge in [0.25, 0.3) is 0 Å². The zero-order valence-electron chi connectivity index (χ0n) is 9.30. The summed E-state index contributed by atoms with van der Waals surface area (Å²) in [5.41, 5.74) is 3.00. The summed E-state index contributed by atoms with van der Waals surface area (Å²) in [6.45, 7) is 2.51. The average molecular weight is 245 g/mol. The van der Waals surface area contributed by atoms with E-state index in [1.165, 1.54) is 0 Å². The maximum Gasteiger partial charge on any atom is 0.178 e. The Bertz CT molecular complexity index is 723. The van der Waals surface area contributed by atoms with E-state index in [1.807, 2.05) is 41.8 Å². The van der Waals surface area contributed by atoms with Gasteiger partial charge in [0.15, 0.2) is 4.77 Å². The molecule has 5 heteroatoms. The summed E-state index contributed by atoms with van der Waals surface area (Å²) >= 11 is 5.31. The van der Waals surface area contributed by atoms with Crippen molar-refractivity contribution in [1.82, 2.24) is 14.7 Å². The summed E-state index contributed by atoms with van der Waals surface area (Å²) < 4.78 is 7.77. The minimum absolute atomic E-state index is 0.625. The third-order valence-electron chi connectivity index (χ3n) is 2.68. The van der Waals surface area contributed by atoms with Crippen molar-refractivity contribution in [1.29, 1.82) is 0 Å². The first-order chi connectivity index (χ1) is 8.24. The smallest absolute Gasteiger partial charge is 0.178 e. The fourth-order valence-corrected chi connectivity index (χ4v) is 2.19. The number of H-pyrrole nitrogens is 1. The van der Waals surface area contributed by atoms with Gasteiger partial charge >= 0.3 is 0 Å². The van der Waals surface area contributed by atoms with Crippen LogP contribution >= 0.6 is 12.2 Å². The van der Waals surface area contributed by atoms with Gasteiger partial charge in [0.2, 0.25) is 0 Å². The number of rotatable bonds is 2. The van der Waals surface area contributed by atoms with Crippen LogP contribution in [0.4, 0.5) is 0 Å². The highest BCUT2D eigenvalue weighted by atomic mass is 32.1. The lowest BCUT2D eigenvalue weighted by atomic mass is 10.3. The first-order valence-electron chi connectivity index (χ1n) is 5.34. The van der Waals surface area contributed by atoms with Gasteiger partial charge in [-0.1, -0.05) is 17.3 Å². The number of para-hydroxylation sites is 2. The Balaban J connectivity index is 2.11. The van der Waals surface area contributed by atoms with Gasteiger partial charge in [0, 0.05) is 6.07 Å². The predicted octanol–water partition coefficient (Wildman–Crippen LogP) is 3.04. The van der Waals surface area contributed by atoms with Crippen LogP contribution < -0.4 is 0 Å². The Morgan fingerprint density at radius 3 is 3.00 bits per heavy atom. The Hall–Kier alpha value is -1.88. The summed E-state index contributed by atoms with van der Waals surface area (Å²) in [5.74, 6) is 0.811. The molecule has 0 fully saturated rings. The molecule has 0 aliphatic carbocycles. The molecule has 0 amide bonds. The second-order valence-electron chi connectivity index (χ2n) is 3.96. The number of imidazole rings is 1. The van der Waals surface area contributed by atoms with Crippen LogP contribution in [0.3, 0.4) is 0 Å². The van der Waals surface area contributed by atoms with Crippen LogP contribution in [0.2, 0.25) is 0 Å². The minimum atomic E-state index is 0.625. The topological polar surface area (TPSA) is 46.8 Å². The Morgan fingerprint density at radius 1 is 1.41 bits per heavy atom. The molecule has 0 saturated heterocycles. The van der Waals surface area contributed by atoms with E-state index in [1.54, 1.807) is 0 Å². The average Bonchev–Trinajstić information content (AvgIpc) is 2.85. The molecule has 0 saturated carbocycles. The van der Waals surface area contributed by atoms with Gasteiger partial charge in [-0.2, -0.15) is 0 Å². The molecule has 0 radical (unpaired) electrons. The molecule has 3 aromatic rings. The zero-order chi connectivity index (χ0) is 11.8. The van der Waals surface area contributed by atoms with Crippen molar-refractivity contribution in [2.24, 2.45) is 0 Å². The molecule has 86 valence electrons. The fourth-order valence-electron chi connectivity index (χ4n) is 1.92. The van der Waals surface area contributed by atoms with E-state index < -0.39 is 0 Å². The van der Waals surface area contributed by atoms with E-state index in [0.29, 0.717) is 11.3 Å². The third kappa shape index (κ3) is 1.78. The SMILES string of the molecule is Cc1cc(Cn2c(=S)[nH]c3ccccc32)no1. The molecule has 3 rings (SSSR count). The van der Waals surface area contributed by atoms with Crippen molar-refractivity contribution in [3.05, 3.63) is 46.6 Å². The van der Waals surface area contributed by atoms with Crippen molar-refractivity contribution < 1.29 is 4.52 Å². The minimum Gasteiger partial charge on any atom is -0.361 e. The summed E-state index contributed by atoms with van der Waals surface area (Å²) in [6, 6.07) is 9.95. The van der Waals surface area contributed by atoms with E-state index in [9.17, 15) is 0 Å². The van der Waals surface area contributed by atoms with Gasteiger partial charge in [-0.15, -0.1) is 0 Å². The number of aromatic nitrogens is 3. The van der Waals surface area contributed by atoms with Crippen LogP contribution in [-0.2, 0) is 6.54 Å². The van der Waals surface area contributed by atoms with Gasteiger partial charge in [-0.25, -0.2) is 0 Å².